The molecule has 0 N–H and O–H groups in total. The van der Waals surface area contributed by atoms with Gasteiger partial charge in [0.1, 0.15) is 0 Å². The SMILES string of the molecule is O=C[O-].O=S(=O)([O-])[O-].O=[N+]([O-])[O-].[Cl-].[Cl-].[Cu+2].[La+3].[Na+].[Ni+2]. The van der Waals surface area contributed by atoms with Crippen molar-refractivity contribution in [3.8, 4) is 0 Å². The Morgan fingerprint density at radius 1 is 1.06 bits per heavy atom. The van der Waals surface area contributed by atoms with Gasteiger partial charge >= 0.3 is 98.7 Å². The van der Waals surface area contributed by atoms with E-state index in [1.54, 1.807) is 0 Å². The molecule has 0 atom stereocenters. The number of carboxylic acid groups (broad SMARTS) is 1. The van der Waals surface area contributed by atoms with Gasteiger partial charge in [0.15, 0.2) is 0 Å². The van der Waals surface area contributed by atoms with Crippen molar-refractivity contribution in [1.82, 2.24) is 0 Å². The van der Waals surface area contributed by atoms with E-state index in [9.17, 15) is 0 Å². The Morgan fingerprint density at radius 2 is 1.06 bits per heavy atom. The van der Waals surface area contributed by atoms with Gasteiger partial charge in [-0.2, -0.15) is 0 Å². The molecule has 0 amide bonds. The minimum atomic E-state index is -5.17. The van der Waals surface area contributed by atoms with Gasteiger partial charge in [-0.3, -0.25) is 8.42 Å². The maximum Gasteiger partial charge on any atom is 3.00 e. The Hall–Kier alpha value is 2.33. The van der Waals surface area contributed by atoms with Crippen LogP contribution in [0.15, 0.2) is 0 Å². The summed E-state index contributed by atoms with van der Waals surface area (Å²) in [4.78, 5) is 16.5. The molecule has 0 unspecified atom stereocenters. The molecular formula is CHCl2CuLaNNaNiO9S+2. The van der Waals surface area contributed by atoms with E-state index in [2.05, 4.69) is 0 Å². The van der Waals surface area contributed by atoms with Crippen LogP contribution in [0.3, 0.4) is 0 Å². The number of hydrogen-bond acceptors (Lipinski definition) is 9. The van der Waals surface area contributed by atoms with E-state index in [-0.39, 0.29) is 124 Å². The molecule has 1 radical (unpaired) electrons. The van der Waals surface area contributed by atoms with Gasteiger partial charge in [0, 0.05) is 16.9 Å². The van der Waals surface area contributed by atoms with E-state index >= 15 is 0 Å². The zero-order valence-electron chi connectivity index (χ0n) is 8.06. The molecular weight excluding hydrogens is 557 g/mol. The second-order valence-electron chi connectivity index (χ2n) is 0.728. The maximum atomic E-state index is 8.52. The first kappa shape index (κ1) is 59.2. The van der Waals surface area contributed by atoms with E-state index in [0.29, 0.717) is 0 Å². The number of halogens is 2. The van der Waals surface area contributed by atoms with Crippen LogP contribution in [0.2, 0.25) is 0 Å². The first-order valence-corrected chi connectivity index (χ1v) is 3.02. The van der Waals surface area contributed by atoms with Gasteiger partial charge in [0.2, 0.25) is 0 Å². The molecule has 0 aromatic rings. The standard InChI is InChI=1S/CH2O2.2ClH.Cu.La.NO3.Na.Ni.H2O4S/c2-1-3;;;;;2-1(3)4;;;1-5(2,3)4/h1H,(H,2,3);2*1H;;;;;;(H2,1,2,3,4)/q;;;+2;+3;-1;+1;+2;/p-5. The van der Waals surface area contributed by atoms with Crippen molar-refractivity contribution in [1.29, 1.82) is 0 Å². The van der Waals surface area contributed by atoms with Gasteiger partial charge in [-0.05, 0) is 0 Å². The van der Waals surface area contributed by atoms with E-state index in [0.717, 1.165) is 0 Å². The van der Waals surface area contributed by atoms with Crippen molar-refractivity contribution in [2.75, 3.05) is 0 Å². The monoisotopic (exact) mass is 556 g/mol. The third-order valence-electron chi connectivity index (χ3n) is 0. The largest absolute Gasteiger partial charge is 3.00 e. The van der Waals surface area contributed by atoms with Crippen molar-refractivity contribution < 1.29 is 156 Å². The second kappa shape index (κ2) is 42.7. The Bertz CT molecular complexity index is 221. The fourth-order valence-electron chi connectivity index (χ4n) is 0. The average Bonchev–Trinajstić information content (AvgIpc) is 1.56. The number of rotatable bonds is 0. The molecule has 18 heavy (non-hydrogen) atoms. The first-order valence-electron chi connectivity index (χ1n) is 1.69. The summed E-state index contributed by atoms with van der Waals surface area (Å²) >= 11 is 0. The van der Waals surface area contributed by atoms with E-state index in [4.69, 9.17) is 42.7 Å². The van der Waals surface area contributed by atoms with Crippen LogP contribution >= 0.6 is 0 Å². The van der Waals surface area contributed by atoms with Crippen LogP contribution in [0.4, 0.5) is 0 Å². The van der Waals surface area contributed by atoms with Crippen LogP contribution in [0.25, 0.3) is 0 Å². The predicted molar refractivity (Wildman–Crippen MR) is 26.9 cm³/mol. The van der Waals surface area contributed by atoms with Crippen LogP contribution in [0.5, 0.6) is 0 Å². The minimum Gasteiger partial charge on any atom is -1.00 e. The van der Waals surface area contributed by atoms with E-state index < -0.39 is 22.0 Å². The van der Waals surface area contributed by atoms with Gasteiger partial charge in [-0.15, -0.1) is 0 Å². The van der Waals surface area contributed by atoms with Crippen LogP contribution in [-0.2, 0) is 48.8 Å². The van der Waals surface area contributed by atoms with Gasteiger partial charge < -0.3 is 59.1 Å². The summed E-state index contributed by atoms with van der Waals surface area (Å²) in [7, 11) is -5.17. The van der Waals surface area contributed by atoms with Crippen LogP contribution in [0.1, 0.15) is 0 Å². The smallest absolute Gasteiger partial charge is 1.00 e. The Morgan fingerprint density at radius 3 is 1.06 bits per heavy atom. The minimum absolute atomic E-state index is 0. The third kappa shape index (κ3) is 1020. The molecule has 107 valence electrons. The molecule has 0 aromatic heterocycles. The van der Waals surface area contributed by atoms with Gasteiger partial charge in [-0.1, -0.05) is 0 Å². The normalized spacial score (nSPS) is 5.22. The first-order chi connectivity index (χ1) is 5.15. The molecule has 0 saturated carbocycles. The molecule has 17 heteroatoms. The number of nitrogens with zero attached hydrogens (tertiary/aromatic N) is 1. The fourth-order valence-corrected chi connectivity index (χ4v) is 0. The molecule has 0 bridgehead atoms. The second-order valence-corrected chi connectivity index (χ2v) is 1.54. The third-order valence-corrected chi connectivity index (χ3v) is 0. The molecule has 0 heterocycles. The molecule has 10 nitrogen and oxygen atoms in total. The zero-order valence-corrected chi connectivity index (χ0v) is 17.9. The molecule has 0 fully saturated rings. The Labute approximate surface area is 185 Å². The van der Waals surface area contributed by atoms with Gasteiger partial charge in [0.05, 0.1) is 5.09 Å². The van der Waals surface area contributed by atoms with Crippen molar-refractivity contribution in [3.63, 3.8) is 0 Å². The number of carbonyl (C=O) groups is 1. The van der Waals surface area contributed by atoms with Gasteiger partial charge in [0.25, 0.3) is 0 Å². The van der Waals surface area contributed by atoms with Gasteiger partial charge in [-0.25, -0.2) is 0 Å². The molecule has 0 rings (SSSR count). The molecule has 0 aliphatic rings. The average molecular weight is 558 g/mol. The summed E-state index contributed by atoms with van der Waals surface area (Å²) in [6.07, 6.45) is 0. The molecule has 0 aromatic carbocycles. The topological polar surface area (TPSA) is 187 Å². The summed E-state index contributed by atoms with van der Waals surface area (Å²) in [6.45, 7) is -0.500. The Kier molecular flexibility index (Phi) is 140. The Balaban J connectivity index is -0.00000000843. The molecule has 0 spiro atoms. The van der Waals surface area contributed by atoms with Crippen molar-refractivity contribution in [2.24, 2.45) is 0 Å². The van der Waals surface area contributed by atoms with E-state index in [1.165, 1.54) is 0 Å². The van der Waals surface area contributed by atoms with Crippen molar-refractivity contribution >= 4 is 16.9 Å². The fraction of sp³-hybridized carbons (Fsp3) is 0. The summed E-state index contributed by atoms with van der Waals surface area (Å²) in [6, 6.07) is 0. The zero-order chi connectivity index (χ0) is 10.8. The van der Waals surface area contributed by atoms with Crippen LogP contribution in [-0.4, -0.2) is 29.1 Å². The molecule has 0 aliphatic carbocycles. The summed E-state index contributed by atoms with van der Waals surface area (Å²) in [5, 5.41) is 23.0. The van der Waals surface area contributed by atoms with E-state index in [1.807, 2.05) is 0 Å². The van der Waals surface area contributed by atoms with Crippen molar-refractivity contribution in [2.45, 2.75) is 0 Å². The predicted octanol–water partition coefficient (Wildman–Crippen LogP) is -12.2. The summed E-state index contributed by atoms with van der Waals surface area (Å²) in [5.41, 5.74) is 0. The number of carbonyl (C=O) groups excluding carboxylic acids is 1. The van der Waals surface area contributed by atoms with Crippen LogP contribution < -0.4 is 59.5 Å². The molecule has 0 aliphatic heterocycles. The summed E-state index contributed by atoms with van der Waals surface area (Å²) < 4.78 is 34.1. The van der Waals surface area contributed by atoms with Crippen molar-refractivity contribution in [3.05, 3.63) is 15.3 Å². The van der Waals surface area contributed by atoms with Crippen LogP contribution in [0, 0.1) is 50.9 Å². The molecule has 0 saturated heterocycles. The maximum absolute atomic E-state index is 8.52. The quantitative estimate of drug-likeness (QED) is 0.0695. The number of hydrogen-bond donors (Lipinski definition) is 0. The summed E-state index contributed by atoms with van der Waals surface area (Å²) in [5.74, 6) is 0.